The first-order valence-corrected chi connectivity index (χ1v) is 4.33. The van der Waals surface area contributed by atoms with Crippen molar-refractivity contribution < 1.29 is 13.2 Å². The fourth-order valence-corrected chi connectivity index (χ4v) is 1.26. The van der Waals surface area contributed by atoms with Gasteiger partial charge in [-0.05, 0) is 18.2 Å². The molecule has 0 unspecified atom stereocenters. The van der Waals surface area contributed by atoms with Crippen molar-refractivity contribution in [2.45, 2.75) is 6.18 Å². The topological polar surface area (TPSA) is 49.9 Å². The highest BCUT2D eigenvalue weighted by molar-refractivity contribution is 9.10. The first kappa shape index (κ1) is 11.0. The average molecular weight is 267 g/mol. The quantitative estimate of drug-likeness (QED) is 0.596. The van der Waals surface area contributed by atoms with E-state index in [0.29, 0.717) is 4.47 Å². The molecule has 2 nitrogen and oxygen atoms in total. The Balaban J connectivity index is 3.19. The Morgan fingerprint density at radius 2 is 1.93 bits per heavy atom. The van der Waals surface area contributed by atoms with Crippen LogP contribution in [0, 0.1) is 5.41 Å². The number of halogens is 4. The molecule has 3 N–H and O–H groups in total. The molecule has 0 saturated carbocycles. The van der Waals surface area contributed by atoms with Gasteiger partial charge in [-0.2, -0.15) is 13.2 Å². The fourth-order valence-electron chi connectivity index (χ4n) is 0.898. The first-order valence-electron chi connectivity index (χ1n) is 3.53. The van der Waals surface area contributed by atoms with Gasteiger partial charge in [-0.15, -0.1) is 0 Å². The summed E-state index contributed by atoms with van der Waals surface area (Å²) in [6.07, 6.45) is -4.67. The van der Waals surface area contributed by atoms with Crippen LogP contribution in [-0.4, -0.2) is 11.9 Å². The second-order valence-corrected chi connectivity index (χ2v) is 3.52. The molecule has 76 valence electrons. The fraction of sp³-hybridized carbons (Fsp3) is 0.125. The van der Waals surface area contributed by atoms with Crippen LogP contribution in [0.3, 0.4) is 0 Å². The molecule has 0 spiro atoms. The Hall–Kier alpha value is -1.04. The zero-order valence-corrected chi connectivity index (χ0v) is 8.41. The lowest BCUT2D eigenvalue weighted by molar-refractivity contribution is -0.0587. The minimum Gasteiger partial charge on any atom is -0.398 e. The van der Waals surface area contributed by atoms with Crippen LogP contribution in [0.15, 0.2) is 22.7 Å². The summed E-state index contributed by atoms with van der Waals surface area (Å²) in [5.41, 5.74) is 3.52. The third kappa shape index (κ3) is 2.25. The highest BCUT2D eigenvalue weighted by Crippen LogP contribution is 2.26. The molecule has 1 aromatic carbocycles. The minimum atomic E-state index is -4.67. The number of alkyl halides is 3. The largest absolute Gasteiger partial charge is 0.433 e. The minimum absolute atomic E-state index is 0.0597. The molecular weight excluding hydrogens is 261 g/mol. The number of nitrogens with two attached hydrogens (primary N) is 1. The van der Waals surface area contributed by atoms with Crippen molar-refractivity contribution in [1.29, 1.82) is 5.41 Å². The zero-order valence-electron chi connectivity index (χ0n) is 6.82. The average Bonchev–Trinajstić information content (AvgIpc) is 2.06. The van der Waals surface area contributed by atoms with Crippen molar-refractivity contribution in [1.82, 2.24) is 0 Å². The predicted molar refractivity (Wildman–Crippen MR) is 51.4 cm³/mol. The Morgan fingerprint density at radius 1 is 1.36 bits per heavy atom. The molecule has 0 aliphatic carbocycles. The molecule has 0 aliphatic heterocycles. The van der Waals surface area contributed by atoms with Gasteiger partial charge < -0.3 is 5.73 Å². The van der Waals surface area contributed by atoms with Gasteiger partial charge in [0, 0.05) is 15.7 Å². The summed E-state index contributed by atoms with van der Waals surface area (Å²) in [6, 6.07) is 4.01. The van der Waals surface area contributed by atoms with Gasteiger partial charge in [-0.3, -0.25) is 5.41 Å². The van der Waals surface area contributed by atoms with Gasteiger partial charge in [-0.25, -0.2) is 0 Å². The van der Waals surface area contributed by atoms with E-state index < -0.39 is 11.9 Å². The third-order valence-corrected chi connectivity index (χ3v) is 2.06. The summed E-state index contributed by atoms with van der Waals surface area (Å²) < 4.78 is 36.9. The highest BCUT2D eigenvalue weighted by atomic mass is 79.9. The Kier molecular flexibility index (Phi) is 2.84. The second-order valence-electron chi connectivity index (χ2n) is 2.60. The van der Waals surface area contributed by atoms with Crippen molar-refractivity contribution in [3.63, 3.8) is 0 Å². The van der Waals surface area contributed by atoms with E-state index in [0.717, 1.165) is 0 Å². The molecule has 0 bridgehead atoms. The number of nitrogens with one attached hydrogen (secondary N) is 1. The van der Waals surface area contributed by atoms with E-state index >= 15 is 0 Å². The van der Waals surface area contributed by atoms with Crippen LogP contribution in [0.5, 0.6) is 0 Å². The van der Waals surface area contributed by atoms with E-state index in [4.69, 9.17) is 11.1 Å². The summed E-state index contributed by atoms with van der Waals surface area (Å²) in [6.45, 7) is 0. The number of hydrogen-bond donors (Lipinski definition) is 2. The standard InChI is InChI=1S/C8H6BrF3N2/c9-4-1-2-6(13)5(3-4)7(14)8(10,11)12/h1-3,14H,13H2. The number of benzene rings is 1. The van der Waals surface area contributed by atoms with Gasteiger partial charge in [0.25, 0.3) is 0 Å². The Morgan fingerprint density at radius 3 is 2.43 bits per heavy atom. The van der Waals surface area contributed by atoms with E-state index in [2.05, 4.69) is 15.9 Å². The van der Waals surface area contributed by atoms with Crippen molar-refractivity contribution in [3.8, 4) is 0 Å². The Labute approximate surface area is 86.6 Å². The van der Waals surface area contributed by atoms with Crippen LogP contribution in [0.2, 0.25) is 0 Å². The van der Waals surface area contributed by atoms with Crippen molar-refractivity contribution in [2.75, 3.05) is 5.73 Å². The maximum atomic E-state index is 12.2. The van der Waals surface area contributed by atoms with E-state index in [1.807, 2.05) is 0 Å². The number of hydrogen-bond acceptors (Lipinski definition) is 2. The molecule has 0 fully saturated rings. The molecule has 0 aliphatic rings. The molecule has 0 amide bonds. The van der Waals surface area contributed by atoms with E-state index in [1.165, 1.54) is 18.2 Å². The predicted octanol–water partition coefficient (Wildman–Crippen LogP) is 2.96. The summed E-state index contributed by atoms with van der Waals surface area (Å²) in [4.78, 5) is 0. The van der Waals surface area contributed by atoms with Gasteiger partial charge in [0.15, 0.2) is 0 Å². The van der Waals surface area contributed by atoms with E-state index in [1.54, 1.807) is 0 Å². The highest BCUT2D eigenvalue weighted by Gasteiger charge is 2.36. The second kappa shape index (κ2) is 3.61. The van der Waals surface area contributed by atoms with Crippen LogP contribution in [0.1, 0.15) is 5.56 Å². The molecule has 6 heteroatoms. The summed E-state index contributed by atoms with van der Waals surface area (Å²) in [5, 5.41) is 6.89. The molecule has 1 rings (SSSR count). The maximum Gasteiger partial charge on any atom is 0.433 e. The third-order valence-electron chi connectivity index (χ3n) is 1.57. The van der Waals surface area contributed by atoms with Crippen molar-refractivity contribution in [3.05, 3.63) is 28.2 Å². The maximum absolute atomic E-state index is 12.2. The normalized spacial score (nSPS) is 11.4. The van der Waals surface area contributed by atoms with Crippen LogP contribution in [0.25, 0.3) is 0 Å². The molecule has 0 heterocycles. The van der Waals surface area contributed by atoms with Crippen LogP contribution < -0.4 is 5.73 Å². The summed E-state index contributed by atoms with van der Waals surface area (Å²) >= 11 is 3.01. The zero-order chi connectivity index (χ0) is 10.9. The molecular formula is C8H6BrF3N2. The van der Waals surface area contributed by atoms with Crippen molar-refractivity contribution in [2.24, 2.45) is 0 Å². The summed E-state index contributed by atoms with van der Waals surface area (Å²) in [5.74, 6) is 0. The van der Waals surface area contributed by atoms with E-state index in [9.17, 15) is 13.2 Å². The lowest BCUT2D eigenvalue weighted by atomic mass is 10.1. The SMILES string of the molecule is N=C(c1cc(Br)ccc1N)C(F)(F)F. The molecule has 0 atom stereocenters. The number of nitrogen functional groups attached to an aromatic ring is 1. The van der Waals surface area contributed by atoms with Gasteiger partial charge in [-0.1, -0.05) is 15.9 Å². The summed E-state index contributed by atoms with van der Waals surface area (Å²) in [7, 11) is 0. The molecule has 0 aromatic heterocycles. The van der Waals surface area contributed by atoms with Gasteiger partial charge in [0.05, 0.1) is 0 Å². The van der Waals surface area contributed by atoms with Gasteiger partial charge in [0.1, 0.15) is 5.71 Å². The monoisotopic (exact) mass is 266 g/mol. The molecule has 0 saturated heterocycles. The molecule has 1 aromatic rings. The smallest absolute Gasteiger partial charge is 0.398 e. The molecule has 14 heavy (non-hydrogen) atoms. The van der Waals surface area contributed by atoms with E-state index in [-0.39, 0.29) is 11.3 Å². The molecule has 0 radical (unpaired) electrons. The number of anilines is 1. The number of rotatable bonds is 1. The van der Waals surface area contributed by atoms with Crippen LogP contribution in [-0.2, 0) is 0 Å². The first-order chi connectivity index (χ1) is 6.32. The van der Waals surface area contributed by atoms with Gasteiger partial charge >= 0.3 is 6.18 Å². The van der Waals surface area contributed by atoms with Crippen LogP contribution in [0.4, 0.5) is 18.9 Å². The van der Waals surface area contributed by atoms with Gasteiger partial charge in [0.2, 0.25) is 0 Å². The van der Waals surface area contributed by atoms with Crippen molar-refractivity contribution >= 4 is 27.3 Å². The lowest BCUT2D eigenvalue weighted by Gasteiger charge is -2.10. The Bertz CT molecular complexity index is 373. The van der Waals surface area contributed by atoms with Crippen LogP contribution >= 0.6 is 15.9 Å². The lowest BCUT2D eigenvalue weighted by Crippen LogP contribution is -2.23.